The maximum absolute atomic E-state index is 12.7. The van der Waals surface area contributed by atoms with E-state index >= 15 is 0 Å². The maximum Gasteiger partial charge on any atom is 0.416 e. The molecular weight excluding hydrogens is 499 g/mol. The molecule has 4 rings (SSSR count). The standard InChI is InChI=1S/C19H15BrF3N5S2/c20-16-15(17-27-13-5-6-25-9-14(13)29-17)30-18(28-16)26-8-12(24)7-10-1-3-11(4-2-10)19(21,22)23/h1-6,9,12H,7-8,24H2,(H,26,28)/t12-/m1/s1. The van der Waals surface area contributed by atoms with Gasteiger partial charge in [-0.2, -0.15) is 13.2 Å². The highest BCUT2D eigenvalue weighted by atomic mass is 79.9. The van der Waals surface area contributed by atoms with Crippen molar-refractivity contribution < 1.29 is 13.2 Å². The van der Waals surface area contributed by atoms with Gasteiger partial charge in [-0.1, -0.05) is 23.5 Å². The third-order valence-electron chi connectivity index (χ3n) is 4.27. The monoisotopic (exact) mass is 513 g/mol. The molecule has 3 aromatic heterocycles. The number of aromatic nitrogens is 3. The fourth-order valence-corrected chi connectivity index (χ4v) is 5.54. The van der Waals surface area contributed by atoms with Crippen LogP contribution in [0.2, 0.25) is 0 Å². The van der Waals surface area contributed by atoms with Crippen molar-refractivity contribution in [3.05, 3.63) is 58.5 Å². The van der Waals surface area contributed by atoms with Crippen LogP contribution in [0.5, 0.6) is 0 Å². The highest BCUT2D eigenvalue weighted by Crippen LogP contribution is 2.39. The van der Waals surface area contributed by atoms with Crippen molar-refractivity contribution in [3.8, 4) is 9.88 Å². The summed E-state index contributed by atoms with van der Waals surface area (Å²) in [6.07, 6.45) is -0.392. The summed E-state index contributed by atoms with van der Waals surface area (Å²) in [5, 5.41) is 4.75. The van der Waals surface area contributed by atoms with E-state index in [0.29, 0.717) is 22.7 Å². The topological polar surface area (TPSA) is 76.7 Å². The van der Waals surface area contributed by atoms with E-state index in [9.17, 15) is 13.2 Å². The van der Waals surface area contributed by atoms with Gasteiger partial charge in [-0.3, -0.25) is 4.98 Å². The molecule has 11 heteroatoms. The summed E-state index contributed by atoms with van der Waals surface area (Å²) in [5.41, 5.74) is 7.12. The quantitative estimate of drug-likeness (QED) is 0.352. The molecule has 0 radical (unpaired) electrons. The largest absolute Gasteiger partial charge is 0.416 e. The van der Waals surface area contributed by atoms with Gasteiger partial charge in [0.05, 0.1) is 20.7 Å². The minimum Gasteiger partial charge on any atom is -0.360 e. The predicted molar refractivity (Wildman–Crippen MR) is 118 cm³/mol. The Balaban J connectivity index is 1.38. The zero-order valence-corrected chi connectivity index (χ0v) is 18.5. The lowest BCUT2D eigenvalue weighted by atomic mass is 10.0. The first-order valence-electron chi connectivity index (χ1n) is 8.82. The molecule has 0 aliphatic heterocycles. The number of nitrogens with zero attached hydrogens (tertiary/aromatic N) is 3. The van der Waals surface area contributed by atoms with Gasteiger partial charge in [0.15, 0.2) is 5.13 Å². The van der Waals surface area contributed by atoms with Gasteiger partial charge in [0.2, 0.25) is 0 Å². The van der Waals surface area contributed by atoms with Crippen LogP contribution in [0.1, 0.15) is 11.1 Å². The van der Waals surface area contributed by atoms with Crippen LogP contribution in [-0.4, -0.2) is 27.5 Å². The number of halogens is 4. The Morgan fingerprint density at radius 3 is 2.57 bits per heavy atom. The molecule has 0 saturated heterocycles. The summed E-state index contributed by atoms with van der Waals surface area (Å²) in [4.78, 5) is 14.1. The maximum atomic E-state index is 12.7. The number of anilines is 1. The minimum absolute atomic E-state index is 0.276. The Morgan fingerprint density at radius 1 is 1.10 bits per heavy atom. The summed E-state index contributed by atoms with van der Waals surface area (Å²) in [6.45, 7) is 0.435. The molecule has 5 nitrogen and oxygen atoms in total. The van der Waals surface area contributed by atoms with Gasteiger partial charge in [0.1, 0.15) is 9.61 Å². The lowest BCUT2D eigenvalue weighted by Crippen LogP contribution is -2.31. The van der Waals surface area contributed by atoms with Crippen molar-refractivity contribution in [2.45, 2.75) is 18.6 Å². The molecule has 1 atom stereocenters. The van der Waals surface area contributed by atoms with Crippen LogP contribution in [0.15, 0.2) is 47.3 Å². The molecule has 30 heavy (non-hydrogen) atoms. The molecule has 0 aliphatic carbocycles. The highest BCUT2D eigenvalue weighted by Gasteiger charge is 2.30. The molecule has 3 N–H and O–H groups in total. The number of alkyl halides is 3. The first kappa shape index (κ1) is 21.2. The van der Waals surface area contributed by atoms with E-state index in [1.54, 1.807) is 23.7 Å². The van der Waals surface area contributed by atoms with Crippen molar-refractivity contribution in [2.75, 3.05) is 11.9 Å². The van der Waals surface area contributed by atoms with Crippen molar-refractivity contribution in [1.82, 2.24) is 15.0 Å². The fourth-order valence-electron chi connectivity index (χ4n) is 2.81. The molecule has 0 amide bonds. The molecule has 0 unspecified atom stereocenters. The normalized spacial score (nSPS) is 13.0. The number of rotatable bonds is 6. The molecule has 0 saturated carbocycles. The van der Waals surface area contributed by atoms with Crippen molar-refractivity contribution in [1.29, 1.82) is 0 Å². The predicted octanol–water partition coefficient (Wildman–Crippen LogP) is 5.58. The molecule has 0 spiro atoms. The third-order valence-corrected chi connectivity index (χ3v) is 7.27. The first-order chi connectivity index (χ1) is 14.3. The summed E-state index contributed by atoms with van der Waals surface area (Å²) in [7, 11) is 0. The van der Waals surface area contributed by atoms with Gasteiger partial charge < -0.3 is 11.1 Å². The van der Waals surface area contributed by atoms with Crippen LogP contribution in [-0.2, 0) is 12.6 Å². The van der Waals surface area contributed by atoms with Crippen LogP contribution in [0.4, 0.5) is 18.3 Å². The fraction of sp³-hybridized carbons (Fsp3) is 0.211. The number of hydrogen-bond acceptors (Lipinski definition) is 7. The molecule has 0 fully saturated rings. The second kappa shape index (κ2) is 8.58. The van der Waals surface area contributed by atoms with E-state index in [2.05, 4.69) is 36.2 Å². The zero-order chi connectivity index (χ0) is 21.3. The number of benzene rings is 1. The lowest BCUT2D eigenvalue weighted by Gasteiger charge is -2.13. The Hall–Kier alpha value is -2.08. The number of pyridine rings is 1. The SMILES string of the molecule is N[C@@H](CNc1nc(Br)c(-c2nc3ccncc3s2)s1)Cc1ccc(C(F)(F)F)cc1. The van der Waals surface area contributed by atoms with Gasteiger partial charge in [0.25, 0.3) is 0 Å². The van der Waals surface area contributed by atoms with E-state index < -0.39 is 11.7 Å². The summed E-state index contributed by atoms with van der Waals surface area (Å²) >= 11 is 6.48. The van der Waals surface area contributed by atoms with Gasteiger partial charge in [0, 0.05) is 25.0 Å². The van der Waals surface area contributed by atoms with Crippen LogP contribution < -0.4 is 11.1 Å². The van der Waals surface area contributed by atoms with Gasteiger partial charge in [-0.15, -0.1) is 11.3 Å². The number of hydrogen-bond donors (Lipinski definition) is 2. The molecule has 0 bridgehead atoms. The van der Waals surface area contributed by atoms with E-state index in [-0.39, 0.29) is 6.04 Å². The zero-order valence-electron chi connectivity index (χ0n) is 15.3. The van der Waals surface area contributed by atoms with Gasteiger partial charge in [-0.05, 0) is 46.1 Å². The van der Waals surface area contributed by atoms with E-state index in [1.807, 2.05) is 6.07 Å². The van der Waals surface area contributed by atoms with E-state index in [1.165, 1.54) is 23.5 Å². The number of nitrogens with two attached hydrogens (primary N) is 1. The third kappa shape index (κ3) is 4.80. The summed E-state index contributed by atoms with van der Waals surface area (Å²) in [5.74, 6) is 0. The Morgan fingerprint density at radius 2 is 1.87 bits per heavy atom. The highest BCUT2D eigenvalue weighted by molar-refractivity contribution is 9.10. The molecule has 0 aliphatic rings. The summed E-state index contributed by atoms with van der Waals surface area (Å²) < 4.78 is 39.7. The Bertz CT molecular complexity index is 1120. The molecule has 156 valence electrons. The lowest BCUT2D eigenvalue weighted by molar-refractivity contribution is -0.137. The first-order valence-corrected chi connectivity index (χ1v) is 11.2. The number of fused-ring (bicyclic) bond motifs is 1. The van der Waals surface area contributed by atoms with Crippen molar-refractivity contribution >= 4 is 54.0 Å². The Labute approximate surface area is 186 Å². The molecule has 3 heterocycles. The van der Waals surface area contributed by atoms with E-state index in [4.69, 9.17) is 5.73 Å². The smallest absolute Gasteiger partial charge is 0.360 e. The van der Waals surface area contributed by atoms with Crippen LogP contribution in [0, 0.1) is 0 Å². The Kier molecular flexibility index (Phi) is 6.05. The van der Waals surface area contributed by atoms with Crippen molar-refractivity contribution in [3.63, 3.8) is 0 Å². The minimum atomic E-state index is -4.34. The second-order valence-electron chi connectivity index (χ2n) is 6.54. The van der Waals surface area contributed by atoms with Crippen LogP contribution in [0.3, 0.4) is 0 Å². The van der Waals surface area contributed by atoms with E-state index in [0.717, 1.165) is 37.8 Å². The number of nitrogens with one attached hydrogen (secondary N) is 1. The average Bonchev–Trinajstić information content (AvgIpc) is 3.29. The van der Waals surface area contributed by atoms with Gasteiger partial charge >= 0.3 is 6.18 Å². The van der Waals surface area contributed by atoms with Crippen LogP contribution in [0.25, 0.3) is 20.1 Å². The van der Waals surface area contributed by atoms with Crippen LogP contribution >= 0.6 is 38.6 Å². The average molecular weight is 514 g/mol. The van der Waals surface area contributed by atoms with Gasteiger partial charge in [-0.25, -0.2) is 9.97 Å². The second-order valence-corrected chi connectivity index (χ2v) is 9.32. The molecular formula is C19H15BrF3N5S2. The number of thiazole rings is 2. The summed E-state index contributed by atoms with van der Waals surface area (Å²) in [6, 6.07) is 6.66. The molecule has 1 aromatic carbocycles. The van der Waals surface area contributed by atoms with Crippen molar-refractivity contribution in [2.24, 2.45) is 5.73 Å². The molecule has 4 aromatic rings.